The van der Waals surface area contributed by atoms with Crippen LogP contribution < -0.4 is 11.1 Å². The van der Waals surface area contributed by atoms with Crippen LogP contribution in [0.4, 0.5) is 5.69 Å². The molecular formula is C13H14ClN3OS. The number of amides is 1. The molecule has 0 saturated carbocycles. The monoisotopic (exact) mass is 295 g/mol. The molecule has 0 bridgehead atoms. The number of nitrogens with one attached hydrogen (secondary N) is 1. The van der Waals surface area contributed by atoms with Crippen molar-refractivity contribution in [2.45, 2.75) is 19.9 Å². The molecule has 1 amide bonds. The smallest absolute Gasteiger partial charge is 0.253 e. The molecule has 2 rings (SSSR count). The van der Waals surface area contributed by atoms with Gasteiger partial charge in [-0.2, -0.15) is 0 Å². The Morgan fingerprint density at radius 2 is 2.26 bits per heavy atom. The summed E-state index contributed by atoms with van der Waals surface area (Å²) in [5.41, 5.74) is 6.45. The summed E-state index contributed by atoms with van der Waals surface area (Å²) in [5, 5.41) is 4.01. The molecule has 0 fully saturated rings. The highest BCUT2D eigenvalue weighted by atomic mass is 35.5. The van der Waals surface area contributed by atoms with E-state index in [1.54, 1.807) is 35.7 Å². The second-order valence-electron chi connectivity index (χ2n) is 4.21. The standard InChI is InChI=1S/C13H14ClN3OS/c1-7-6-16-13(19-7)8(2)17-12(18)9-4-3-5-10(15)11(9)14/h3-6,8H,15H2,1-2H3,(H,17,18). The number of anilines is 1. The summed E-state index contributed by atoms with van der Waals surface area (Å²) in [6.45, 7) is 3.86. The largest absolute Gasteiger partial charge is 0.398 e. The lowest BCUT2D eigenvalue weighted by Crippen LogP contribution is -2.26. The highest BCUT2D eigenvalue weighted by Gasteiger charge is 2.17. The maximum Gasteiger partial charge on any atom is 0.253 e. The first-order valence-electron chi connectivity index (χ1n) is 5.76. The number of nitrogens with zero attached hydrogens (tertiary/aromatic N) is 1. The second kappa shape index (κ2) is 5.59. The number of benzene rings is 1. The van der Waals surface area contributed by atoms with Gasteiger partial charge in [-0.05, 0) is 26.0 Å². The molecule has 19 heavy (non-hydrogen) atoms. The fourth-order valence-corrected chi connectivity index (χ4v) is 2.62. The number of aromatic nitrogens is 1. The first kappa shape index (κ1) is 13.8. The minimum atomic E-state index is -0.252. The second-order valence-corrected chi connectivity index (χ2v) is 5.86. The highest BCUT2D eigenvalue weighted by molar-refractivity contribution is 7.11. The third-order valence-electron chi connectivity index (χ3n) is 2.63. The molecule has 4 nitrogen and oxygen atoms in total. The summed E-state index contributed by atoms with van der Waals surface area (Å²) >= 11 is 7.58. The van der Waals surface area contributed by atoms with Crippen LogP contribution >= 0.6 is 22.9 Å². The van der Waals surface area contributed by atoms with Crippen LogP contribution in [0.15, 0.2) is 24.4 Å². The van der Waals surface area contributed by atoms with E-state index in [2.05, 4.69) is 10.3 Å². The highest BCUT2D eigenvalue weighted by Crippen LogP contribution is 2.24. The molecule has 0 radical (unpaired) electrons. The van der Waals surface area contributed by atoms with Crippen molar-refractivity contribution in [3.8, 4) is 0 Å². The van der Waals surface area contributed by atoms with E-state index in [0.29, 0.717) is 11.3 Å². The number of carbonyl (C=O) groups excluding carboxylic acids is 1. The van der Waals surface area contributed by atoms with Gasteiger partial charge in [-0.15, -0.1) is 11.3 Å². The first-order valence-corrected chi connectivity index (χ1v) is 6.95. The van der Waals surface area contributed by atoms with Gasteiger partial charge in [0.2, 0.25) is 0 Å². The van der Waals surface area contributed by atoms with Gasteiger partial charge in [0.25, 0.3) is 5.91 Å². The molecule has 1 heterocycles. The van der Waals surface area contributed by atoms with Crippen LogP contribution in [0.25, 0.3) is 0 Å². The van der Waals surface area contributed by atoms with E-state index >= 15 is 0 Å². The molecule has 1 aromatic carbocycles. The minimum absolute atomic E-state index is 0.163. The molecule has 0 spiro atoms. The summed E-state index contributed by atoms with van der Waals surface area (Å²) in [6, 6.07) is 4.85. The van der Waals surface area contributed by atoms with Gasteiger partial charge in [0.1, 0.15) is 5.01 Å². The van der Waals surface area contributed by atoms with Crippen molar-refractivity contribution in [1.29, 1.82) is 0 Å². The average molecular weight is 296 g/mol. The predicted molar refractivity (Wildman–Crippen MR) is 78.6 cm³/mol. The van der Waals surface area contributed by atoms with E-state index in [0.717, 1.165) is 9.88 Å². The Morgan fingerprint density at radius 1 is 1.53 bits per heavy atom. The predicted octanol–water partition coefficient (Wildman–Crippen LogP) is 3.18. The van der Waals surface area contributed by atoms with E-state index in [1.165, 1.54) is 0 Å². The third-order valence-corrected chi connectivity index (χ3v) is 4.15. The lowest BCUT2D eigenvalue weighted by Gasteiger charge is -2.12. The Hall–Kier alpha value is -1.59. The summed E-state index contributed by atoms with van der Waals surface area (Å²) in [5.74, 6) is -0.252. The Morgan fingerprint density at radius 3 is 2.89 bits per heavy atom. The Kier molecular flexibility index (Phi) is 4.07. The Bertz CT molecular complexity index is 612. The fourth-order valence-electron chi connectivity index (χ4n) is 1.63. The van der Waals surface area contributed by atoms with Gasteiger partial charge in [0.15, 0.2) is 0 Å². The number of rotatable bonds is 3. The zero-order chi connectivity index (χ0) is 14.0. The number of hydrogen-bond donors (Lipinski definition) is 2. The third kappa shape index (κ3) is 3.05. The lowest BCUT2D eigenvalue weighted by molar-refractivity contribution is 0.0940. The van der Waals surface area contributed by atoms with Crippen LogP contribution in [0.3, 0.4) is 0 Å². The molecule has 2 aromatic rings. The normalized spacial score (nSPS) is 12.2. The molecule has 6 heteroatoms. The number of thiazole rings is 1. The van der Waals surface area contributed by atoms with Gasteiger partial charge in [0.05, 0.1) is 22.3 Å². The summed E-state index contributed by atoms with van der Waals surface area (Å²) in [4.78, 5) is 17.5. The average Bonchev–Trinajstić information content (AvgIpc) is 2.79. The van der Waals surface area contributed by atoms with E-state index < -0.39 is 0 Å². The van der Waals surface area contributed by atoms with Gasteiger partial charge in [-0.1, -0.05) is 17.7 Å². The molecule has 0 aliphatic heterocycles. The fraction of sp³-hybridized carbons (Fsp3) is 0.231. The van der Waals surface area contributed by atoms with Crippen LogP contribution in [-0.2, 0) is 0 Å². The number of hydrogen-bond acceptors (Lipinski definition) is 4. The van der Waals surface area contributed by atoms with Crippen LogP contribution in [0.2, 0.25) is 5.02 Å². The minimum Gasteiger partial charge on any atom is -0.398 e. The summed E-state index contributed by atoms with van der Waals surface area (Å²) in [6.07, 6.45) is 1.79. The maximum atomic E-state index is 12.1. The van der Waals surface area contributed by atoms with E-state index in [1.807, 2.05) is 13.8 Å². The number of carbonyl (C=O) groups is 1. The molecular weight excluding hydrogens is 282 g/mol. The van der Waals surface area contributed by atoms with Crippen molar-refractivity contribution in [3.05, 3.63) is 44.9 Å². The van der Waals surface area contributed by atoms with E-state index in [9.17, 15) is 4.79 Å². The van der Waals surface area contributed by atoms with Crippen LogP contribution in [0, 0.1) is 6.92 Å². The molecule has 100 valence electrons. The van der Waals surface area contributed by atoms with Crippen molar-refractivity contribution >= 4 is 34.5 Å². The van der Waals surface area contributed by atoms with Gasteiger partial charge < -0.3 is 11.1 Å². The quantitative estimate of drug-likeness (QED) is 0.855. The van der Waals surface area contributed by atoms with E-state index in [-0.39, 0.29) is 17.0 Å². The van der Waals surface area contributed by atoms with Gasteiger partial charge in [-0.3, -0.25) is 4.79 Å². The number of nitrogens with two attached hydrogens (primary N) is 1. The van der Waals surface area contributed by atoms with Gasteiger partial charge in [0, 0.05) is 11.1 Å². The summed E-state index contributed by atoms with van der Waals surface area (Å²) in [7, 11) is 0. The number of aryl methyl sites for hydroxylation is 1. The molecule has 0 aliphatic carbocycles. The van der Waals surface area contributed by atoms with Crippen molar-refractivity contribution < 1.29 is 4.79 Å². The Balaban J connectivity index is 2.15. The van der Waals surface area contributed by atoms with Crippen LogP contribution in [-0.4, -0.2) is 10.9 Å². The van der Waals surface area contributed by atoms with Crippen molar-refractivity contribution in [2.24, 2.45) is 0 Å². The SMILES string of the molecule is Cc1cnc(C(C)NC(=O)c2cccc(N)c2Cl)s1. The molecule has 0 saturated heterocycles. The molecule has 0 aliphatic rings. The number of halogens is 1. The molecule has 1 unspecified atom stereocenters. The zero-order valence-corrected chi connectivity index (χ0v) is 12.2. The number of nitrogen functional groups attached to an aromatic ring is 1. The lowest BCUT2D eigenvalue weighted by atomic mass is 10.1. The molecule has 1 aromatic heterocycles. The van der Waals surface area contributed by atoms with Gasteiger partial charge >= 0.3 is 0 Å². The van der Waals surface area contributed by atoms with Crippen LogP contribution in [0.5, 0.6) is 0 Å². The maximum absolute atomic E-state index is 12.1. The van der Waals surface area contributed by atoms with Gasteiger partial charge in [-0.25, -0.2) is 4.98 Å². The molecule has 1 atom stereocenters. The van der Waals surface area contributed by atoms with Crippen molar-refractivity contribution in [2.75, 3.05) is 5.73 Å². The zero-order valence-electron chi connectivity index (χ0n) is 10.6. The van der Waals surface area contributed by atoms with Crippen molar-refractivity contribution in [3.63, 3.8) is 0 Å². The topological polar surface area (TPSA) is 68.0 Å². The van der Waals surface area contributed by atoms with Crippen molar-refractivity contribution in [1.82, 2.24) is 10.3 Å². The molecule has 3 N–H and O–H groups in total. The first-order chi connectivity index (χ1) is 8.99. The van der Waals surface area contributed by atoms with Crippen LogP contribution in [0.1, 0.15) is 33.2 Å². The summed E-state index contributed by atoms with van der Waals surface area (Å²) < 4.78 is 0. The van der Waals surface area contributed by atoms with E-state index in [4.69, 9.17) is 17.3 Å². The Labute approximate surface area is 120 Å².